The summed E-state index contributed by atoms with van der Waals surface area (Å²) in [5, 5.41) is 3.71. The van der Waals surface area contributed by atoms with Crippen molar-refractivity contribution >= 4 is 0 Å². The van der Waals surface area contributed by atoms with Gasteiger partial charge in [-0.1, -0.05) is 68.9 Å². The van der Waals surface area contributed by atoms with Gasteiger partial charge in [0.15, 0.2) is 0 Å². The molecule has 0 aliphatic rings. The van der Waals surface area contributed by atoms with Crippen LogP contribution in [0.1, 0.15) is 76.5 Å². The van der Waals surface area contributed by atoms with Gasteiger partial charge in [-0.3, -0.25) is 0 Å². The van der Waals surface area contributed by atoms with Crippen molar-refractivity contribution in [2.45, 2.75) is 78.3 Å². The number of unbranched alkanes of at least 4 members (excludes halogenated alkanes) is 4. The van der Waals surface area contributed by atoms with E-state index in [1.807, 2.05) is 0 Å². The van der Waals surface area contributed by atoms with Gasteiger partial charge >= 0.3 is 0 Å². The molecule has 1 N–H and O–H groups in total. The SMILES string of the molecule is CCCCCCCC(C)N[C@@H](C)c1ccc(C)cc1. The van der Waals surface area contributed by atoms with Crippen LogP contribution in [-0.2, 0) is 0 Å². The highest BCUT2D eigenvalue weighted by atomic mass is 14.9. The van der Waals surface area contributed by atoms with E-state index in [4.69, 9.17) is 0 Å². The van der Waals surface area contributed by atoms with Crippen LogP contribution in [0.5, 0.6) is 0 Å². The first kappa shape index (κ1) is 16.2. The monoisotopic (exact) mass is 261 g/mol. The molecule has 0 aliphatic heterocycles. The molecule has 0 radical (unpaired) electrons. The highest BCUT2D eigenvalue weighted by molar-refractivity contribution is 5.23. The lowest BCUT2D eigenvalue weighted by Crippen LogP contribution is -2.28. The van der Waals surface area contributed by atoms with Crippen molar-refractivity contribution in [3.63, 3.8) is 0 Å². The lowest BCUT2D eigenvalue weighted by molar-refractivity contribution is 0.436. The minimum Gasteiger partial charge on any atom is -0.308 e. The largest absolute Gasteiger partial charge is 0.308 e. The Kier molecular flexibility index (Phi) is 7.81. The van der Waals surface area contributed by atoms with Gasteiger partial charge in [0.25, 0.3) is 0 Å². The van der Waals surface area contributed by atoms with Crippen molar-refractivity contribution in [2.75, 3.05) is 0 Å². The molecule has 0 fully saturated rings. The van der Waals surface area contributed by atoms with Crippen LogP contribution < -0.4 is 5.32 Å². The van der Waals surface area contributed by atoms with Crippen LogP contribution in [0.15, 0.2) is 24.3 Å². The molecule has 0 saturated carbocycles. The quantitative estimate of drug-likeness (QED) is 0.587. The lowest BCUT2D eigenvalue weighted by Gasteiger charge is -2.20. The zero-order valence-electron chi connectivity index (χ0n) is 13.2. The van der Waals surface area contributed by atoms with Crippen LogP contribution in [0, 0.1) is 6.92 Å². The molecule has 0 amide bonds. The Morgan fingerprint density at radius 3 is 2.21 bits per heavy atom. The molecular formula is C18H31N. The second-order valence-corrected chi connectivity index (χ2v) is 5.90. The fourth-order valence-electron chi connectivity index (χ4n) is 2.52. The fourth-order valence-corrected chi connectivity index (χ4v) is 2.52. The van der Waals surface area contributed by atoms with Gasteiger partial charge in [0.05, 0.1) is 0 Å². The van der Waals surface area contributed by atoms with E-state index in [1.54, 1.807) is 0 Å². The smallest absolute Gasteiger partial charge is 0.0294 e. The molecule has 1 unspecified atom stereocenters. The van der Waals surface area contributed by atoms with Crippen molar-refractivity contribution in [3.05, 3.63) is 35.4 Å². The molecule has 1 aromatic rings. The summed E-state index contributed by atoms with van der Waals surface area (Å²) >= 11 is 0. The van der Waals surface area contributed by atoms with Crippen LogP contribution >= 0.6 is 0 Å². The summed E-state index contributed by atoms with van der Waals surface area (Å²) in [6, 6.07) is 9.93. The van der Waals surface area contributed by atoms with E-state index in [0.717, 1.165) is 0 Å². The minimum atomic E-state index is 0.450. The summed E-state index contributed by atoms with van der Waals surface area (Å²) in [6.07, 6.45) is 8.16. The maximum atomic E-state index is 3.71. The average Bonchev–Trinajstić information content (AvgIpc) is 2.39. The molecular weight excluding hydrogens is 230 g/mol. The van der Waals surface area contributed by atoms with Gasteiger partial charge in [-0.05, 0) is 32.8 Å². The van der Waals surface area contributed by atoms with Gasteiger partial charge in [0.2, 0.25) is 0 Å². The number of hydrogen-bond donors (Lipinski definition) is 1. The molecule has 0 bridgehead atoms. The predicted octanol–water partition coefficient (Wildman–Crippen LogP) is 5.39. The highest BCUT2D eigenvalue weighted by Crippen LogP contribution is 2.15. The standard InChI is InChI=1S/C18H31N/c1-5-6-7-8-9-10-16(3)19-17(4)18-13-11-15(2)12-14-18/h11-14,16-17,19H,5-10H2,1-4H3/t16?,17-/m0/s1. The van der Waals surface area contributed by atoms with Gasteiger partial charge in [-0.25, -0.2) is 0 Å². The van der Waals surface area contributed by atoms with E-state index >= 15 is 0 Å². The third-order valence-corrected chi connectivity index (χ3v) is 3.85. The highest BCUT2D eigenvalue weighted by Gasteiger charge is 2.08. The van der Waals surface area contributed by atoms with Gasteiger partial charge in [-0.15, -0.1) is 0 Å². The van der Waals surface area contributed by atoms with Crippen LogP contribution in [0.25, 0.3) is 0 Å². The van der Waals surface area contributed by atoms with E-state index in [2.05, 4.69) is 57.3 Å². The van der Waals surface area contributed by atoms with Crippen molar-refractivity contribution in [1.82, 2.24) is 5.32 Å². The van der Waals surface area contributed by atoms with E-state index in [-0.39, 0.29) is 0 Å². The third kappa shape index (κ3) is 6.77. The van der Waals surface area contributed by atoms with Gasteiger partial charge in [-0.2, -0.15) is 0 Å². The summed E-state index contributed by atoms with van der Waals surface area (Å²) in [4.78, 5) is 0. The Morgan fingerprint density at radius 2 is 1.58 bits per heavy atom. The topological polar surface area (TPSA) is 12.0 Å². The zero-order valence-corrected chi connectivity index (χ0v) is 13.2. The van der Waals surface area contributed by atoms with Crippen molar-refractivity contribution < 1.29 is 0 Å². The zero-order chi connectivity index (χ0) is 14.1. The summed E-state index contributed by atoms with van der Waals surface area (Å²) in [7, 11) is 0. The lowest BCUT2D eigenvalue weighted by atomic mass is 10.0. The maximum absolute atomic E-state index is 3.71. The van der Waals surface area contributed by atoms with E-state index in [9.17, 15) is 0 Å². The maximum Gasteiger partial charge on any atom is 0.0294 e. The molecule has 1 rings (SSSR count). The predicted molar refractivity (Wildman–Crippen MR) is 85.6 cm³/mol. The number of nitrogens with one attached hydrogen (secondary N) is 1. The first-order chi connectivity index (χ1) is 9.13. The molecule has 1 nitrogen and oxygen atoms in total. The number of hydrogen-bond acceptors (Lipinski definition) is 1. The Labute approximate surface area is 119 Å². The Hall–Kier alpha value is -0.820. The number of benzene rings is 1. The van der Waals surface area contributed by atoms with Gasteiger partial charge < -0.3 is 5.32 Å². The van der Waals surface area contributed by atoms with Gasteiger partial charge in [0, 0.05) is 12.1 Å². The van der Waals surface area contributed by atoms with Crippen LogP contribution in [0.4, 0.5) is 0 Å². The molecule has 0 heterocycles. The molecule has 0 spiro atoms. The first-order valence-electron chi connectivity index (χ1n) is 7.96. The Balaban J connectivity index is 2.23. The minimum absolute atomic E-state index is 0.450. The second-order valence-electron chi connectivity index (χ2n) is 5.90. The first-order valence-corrected chi connectivity index (χ1v) is 7.96. The van der Waals surface area contributed by atoms with Gasteiger partial charge in [0.1, 0.15) is 0 Å². The molecule has 0 aliphatic carbocycles. The van der Waals surface area contributed by atoms with Crippen LogP contribution in [0.2, 0.25) is 0 Å². The molecule has 1 heteroatoms. The van der Waals surface area contributed by atoms with E-state index < -0.39 is 0 Å². The second kappa shape index (κ2) is 9.14. The summed E-state index contributed by atoms with van der Waals surface area (Å²) in [5.74, 6) is 0. The summed E-state index contributed by atoms with van der Waals surface area (Å²) in [5.41, 5.74) is 2.73. The van der Waals surface area contributed by atoms with E-state index in [0.29, 0.717) is 12.1 Å². The normalized spacial score (nSPS) is 14.3. The Bertz CT molecular complexity index is 328. The molecule has 0 saturated heterocycles. The number of aryl methyl sites for hydroxylation is 1. The summed E-state index contributed by atoms with van der Waals surface area (Å²) in [6.45, 7) is 8.98. The van der Waals surface area contributed by atoms with Crippen molar-refractivity contribution in [2.24, 2.45) is 0 Å². The fraction of sp³-hybridized carbons (Fsp3) is 0.667. The van der Waals surface area contributed by atoms with Crippen molar-refractivity contribution in [3.8, 4) is 0 Å². The van der Waals surface area contributed by atoms with Crippen LogP contribution in [0.3, 0.4) is 0 Å². The van der Waals surface area contributed by atoms with Crippen molar-refractivity contribution in [1.29, 1.82) is 0 Å². The van der Waals surface area contributed by atoms with E-state index in [1.165, 1.54) is 49.7 Å². The summed E-state index contributed by atoms with van der Waals surface area (Å²) < 4.78 is 0. The van der Waals surface area contributed by atoms with Crippen LogP contribution in [-0.4, -0.2) is 6.04 Å². The molecule has 2 atom stereocenters. The molecule has 108 valence electrons. The number of rotatable bonds is 9. The Morgan fingerprint density at radius 1 is 0.947 bits per heavy atom. The third-order valence-electron chi connectivity index (χ3n) is 3.85. The molecule has 19 heavy (non-hydrogen) atoms. The molecule has 0 aromatic heterocycles. The molecule has 1 aromatic carbocycles. The average molecular weight is 261 g/mol.